The predicted molar refractivity (Wildman–Crippen MR) is 113 cm³/mol. The van der Waals surface area contributed by atoms with Gasteiger partial charge in [0.05, 0.1) is 11.5 Å². The maximum Gasteiger partial charge on any atom is 0.283 e. The van der Waals surface area contributed by atoms with Gasteiger partial charge < -0.3 is 15.0 Å². The molecule has 0 aromatic heterocycles. The number of ether oxygens (including phenoxy) is 1. The third kappa shape index (κ3) is 6.05. The molecule has 1 saturated heterocycles. The van der Waals surface area contributed by atoms with Gasteiger partial charge in [0.15, 0.2) is 0 Å². The lowest BCUT2D eigenvalue weighted by atomic mass is 10.2. The number of para-hydroxylation sites is 1. The van der Waals surface area contributed by atoms with Crippen LogP contribution in [0, 0.1) is 0 Å². The number of amidine groups is 1. The molecule has 0 aliphatic carbocycles. The molecule has 3 rings (SSSR count). The summed E-state index contributed by atoms with van der Waals surface area (Å²) < 4.78 is 34.4. The highest BCUT2D eigenvalue weighted by atomic mass is 32.2. The number of likely N-dealkylation sites (tertiary alicyclic amines) is 1. The molecule has 0 bridgehead atoms. The number of anilines is 1. The van der Waals surface area contributed by atoms with Gasteiger partial charge in [-0.25, -0.2) is 0 Å². The second kappa shape index (κ2) is 9.56. The molecule has 1 N–H and O–H groups in total. The Balaban J connectivity index is 1.49. The molecule has 8 heteroatoms. The fourth-order valence-corrected chi connectivity index (χ4v) is 4.07. The first-order valence-corrected chi connectivity index (χ1v) is 11.0. The Kier molecular flexibility index (Phi) is 6.87. The molecule has 0 saturated carbocycles. The van der Waals surface area contributed by atoms with Crippen molar-refractivity contribution >= 4 is 27.5 Å². The molecule has 1 aliphatic rings. The van der Waals surface area contributed by atoms with E-state index in [-0.39, 0.29) is 10.8 Å². The number of hydrogen-bond acceptors (Lipinski definition) is 4. The average Bonchev–Trinajstić information content (AvgIpc) is 3.10. The molecule has 154 valence electrons. The van der Waals surface area contributed by atoms with Gasteiger partial charge in [-0.3, -0.25) is 4.79 Å². The second-order valence-electron chi connectivity index (χ2n) is 6.85. The number of carbonyl (C=O) groups excluding carboxylic acids is 1. The largest absolute Gasteiger partial charge is 0.494 e. The molecule has 1 heterocycles. The fraction of sp³-hybridized carbons (Fsp3) is 0.333. The second-order valence-corrected chi connectivity index (χ2v) is 8.45. The van der Waals surface area contributed by atoms with Crippen LogP contribution in [0.25, 0.3) is 0 Å². The molecule has 0 unspecified atom stereocenters. The Morgan fingerprint density at radius 2 is 1.86 bits per heavy atom. The zero-order chi connectivity index (χ0) is 20.7. The van der Waals surface area contributed by atoms with Crippen LogP contribution in [0.15, 0.2) is 63.9 Å². The summed E-state index contributed by atoms with van der Waals surface area (Å²) in [5.74, 6) is 1.21. The number of amides is 1. The first-order valence-electron chi connectivity index (χ1n) is 9.57. The molecule has 0 radical (unpaired) electrons. The minimum atomic E-state index is -3.75. The van der Waals surface area contributed by atoms with Gasteiger partial charge in [0, 0.05) is 32.1 Å². The summed E-state index contributed by atoms with van der Waals surface area (Å²) in [7, 11) is -1.91. The Morgan fingerprint density at radius 3 is 2.52 bits per heavy atom. The quantitative estimate of drug-likeness (QED) is 0.669. The van der Waals surface area contributed by atoms with Gasteiger partial charge in [0.25, 0.3) is 10.0 Å². The summed E-state index contributed by atoms with van der Waals surface area (Å²) >= 11 is 0. The lowest BCUT2D eigenvalue weighted by Gasteiger charge is -2.11. The summed E-state index contributed by atoms with van der Waals surface area (Å²) in [6.45, 7) is 1.26. The van der Waals surface area contributed by atoms with Crippen LogP contribution in [-0.2, 0) is 14.8 Å². The lowest BCUT2D eigenvalue weighted by molar-refractivity contribution is -0.116. The summed E-state index contributed by atoms with van der Waals surface area (Å²) in [6, 6.07) is 15.5. The molecule has 2 aromatic rings. The highest BCUT2D eigenvalue weighted by Gasteiger charge is 2.20. The molecule has 1 amide bonds. The Hall–Kier alpha value is -2.87. The molecule has 29 heavy (non-hydrogen) atoms. The van der Waals surface area contributed by atoms with Crippen LogP contribution in [0.1, 0.15) is 25.7 Å². The van der Waals surface area contributed by atoms with Gasteiger partial charge in [-0.2, -0.15) is 8.42 Å². The summed E-state index contributed by atoms with van der Waals surface area (Å²) in [5, 5.41) is 2.77. The van der Waals surface area contributed by atoms with E-state index in [0.717, 1.165) is 18.7 Å². The van der Waals surface area contributed by atoms with Gasteiger partial charge in [0.1, 0.15) is 11.6 Å². The van der Waals surface area contributed by atoms with Gasteiger partial charge in [0.2, 0.25) is 5.91 Å². The zero-order valence-electron chi connectivity index (χ0n) is 16.4. The van der Waals surface area contributed by atoms with Crippen LogP contribution in [0.3, 0.4) is 0 Å². The lowest BCUT2D eigenvalue weighted by Crippen LogP contribution is -2.20. The van der Waals surface area contributed by atoms with E-state index in [0.29, 0.717) is 37.4 Å². The number of rotatable bonds is 8. The number of sulfonamides is 1. The minimum absolute atomic E-state index is 0.111. The highest BCUT2D eigenvalue weighted by Crippen LogP contribution is 2.19. The van der Waals surface area contributed by atoms with Crippen molar-refractivity contribution in [2.45, 2.75) is 30.6 Å². The molecule has 0 atom stereocenters. The maximum atomic E-state index is 12.4. The number of carbonyl (C=O) groups is 1. The van der Waals surface area contributed by atoms with Crippen LogP contribution >= 0.6 is 0 Å². The van der Waals surface area contributed by atoms with E-state index < -0.39 is 10.0 Å². The minimum Gasteiger partial charge on any atom is -0.494 e. The smallest absolute Gasteiger partial charge is 0.283 e. The van der Waals surface area contributed by atoms with Crippen LogP contribution < -0.4 is 10.1 Å². The average molecular weight is 416 g/mol. The van der Waals surface area contributed by atoms with E-state index in [2.05, 4.69) is 9.71 Å². The highest BCUT2D eigenvalue weighted by molar-refractivity contribution is 7.90. The summed E-state index contributed by atoms with van der Waals surface area (Å²) in [5.41, 5.74) is 0.545. The van der Waals surface area contributed by atoms with Crippen molar-refractivity contribution in [2.24, 2.45) is 4.40 Å². The first kappa shape index (κ1) is 20.9. The molecule has 1 fully saturated rings. The van der Waals surface area contributed by atoms with Gasteiger partial charge in [-0.15, -0.1) is 4.40 Å². The Labute approximate surface area is 171 Å². The van der Waals surface area contributed by atoms with Crippen LogP contribution in [-0.4, -0.2) is 45.3 Å². The number of hydrogen-bond donors (Lipinski definition) is 1. The van der Waals surface area contributed by atoms with Crippen molar-refractivity contribution < 1.29 is 17.9 Å². The van der Waals surface area contributed by atoms with Crippen molar-refractivity contribution in [3.8, 4) is 5.75 Å². The Bertz CT molecular complexity index is 957. The van der Waals surface area contributed by atoms with E-state index in [1.165, 1.54) is 12.1 Å². The predicted octanol–water partition coefficient (Wildman–Crippen LogP) is 3.30. The summed E-state index contributed by atoms with van der Waals surface area (Å²) in [4.78, 5) is 14.0. The first-order chi connectivity index (χ1) is 13.9. The normalized spacial score (nSPS) is 15.5. The van der Waals surface area contributed by atoms with Gasteiger partial charge >= 0.3 is 0 Å². The van der Waals surface area contributed by atoms with Crippen molar-refractivity contribution in [2.75, 3.05) is 25.5 Å². The van der Waals surface area contributed by atoms with Crippen molar-refractivity contribution in [1.29, 1.82) is 0 Å². The topological polar surface area (TPSA) is 88.1 Å². The number of benzene rings is 2. The van der Waals surface area contributed by atoms with Crippen molar-refractivity contribution in [3.05, 3.63) is 54.6 Å². The van der Waals surface area contributed by atoms with E-state index in [4.69, 9.17) is 4.74 Å². The maximum absolute atomic E-state index is 12.4. The molecular weight excluding hydrogens is 390 g/mol. The van der Waals surface area contributed by atoms with Crippen LogP contribution in [0.2, 0.25) is 0 Å². The molecule has 0 spiro atoms. The molecule has 1 aliphatic heterocycles. The Morgan fingerprint density at radius 1 is 1.14 bits per heavy atom. The third-order valence-corrected chi connectivity index (χ3v) is 5.88. The van der Waals surface area contributed by atoms with Crippen LogP contribution in [0.4, 0.5) is 5.69 Å². The number of nitrogens with zero attached hydrogens (tertiary/aromatic N) is 2. The summed E-state index contributed by atoms with van der Waals surface area (Å²) in [6.07, 6.45) is 2.47. The van der Waals surface area contributed by atoms with E-state index in [1.807, 2.05) is 42.3 Å². The van der Waals surface area contributed by atoms with E-state index >= 15 is 0 Å². The monoisotopic (exact) mass is 415 g/mol. The fourth-order valence-electron chi connectivity index (χ4n) is 2.97. The van der Waals surface area contributed by atoms with Gasteiger partial charge in [-0.1, -0.05) is 18.2 Å². The van der Waals surface area contributed by atoms with Crippen molar-refractivity contribution in [3.63, 3.8) is 0 Å². The third-order valence-electron chi connectivity index (χ3n) is 4.56. The van der Waals surface area contributed by atoms with Crippen LogP contribution in [0.5, 0.6) is 5.75 Å². The van der Waals surface area contributed by atoms with Gasteiger partial charge in [-0.05, 0) is 49.2 Å². The molecule has 7 nitrogen and oxygen atoms in total. The standard InChI is InChI=1S/C21H25N3O4S/c1-24-15-5-9-20(24)23-29(26,27)19-13-11-17(12-14-19)22-21(25)10-6-16-28-18-7-3-2-4-8-18/h2-4,7-8,11-14H,5-6,9-10,15-16H2,1H3,(H,22,25)/b23-20+. The van der Waals surface area contributed by atoms with Crippen molar-refractivity contribution in [1.82, 2.24) is 4.90 Å². The SMILES string of the molecule is CN1CCC/C1=N\S(=O)(=O)c1ccc(NC(=O)CCCOc2ccccc2)cc1. The van der Waals surface area contributed by atoms with E-state index in [1.54, 1.807) is 12.1 Å². The molecular formula is C21H25N3O4S. The number of nitrogens with one attached hydrogen (secondary N) is 1. The zero-order valence-corrected chi connectivity index (χ0v) is 17.2. The molecule has 2 aromatic carbocycles. The van der Waals surface area contributed by atoms with E-state index in [9.17, 15) is 13.2 Å².